The second-order valence-corrected chi connectivity index (χ2v) is 7.42. The first kappa shape index (κ1) is 23.5. The van der Waals surface area contributed by atoms with Crippen molar-refractivity contribution in [3.05, 3.63) is 100 Å². The molecule has 0 unspecified atom stereocenters. The number of anilines is 2. The van der Waals surface area contributed by atoms with Crippen LogP contribution < -0.4 is 16.0 Å². The lowest BCUT2D eigenvalue weighted by Crippen LogP contribution is -2.27. The average Bonchev–Trinajstić information content (AvgIpc) is 2.83. The summed E-state index contributed by atoms with van der Waals surface area (Å²) in [5.74, 6) is -0.424. The zero-order chi connectivity index (χ0) is 23.5. The molecule has 8 heteroatoms. The maximum atomic E-state index is 12.6. The summed E-state index contributed by atoms with van der Waals surface area (Å²) in [5, 5.41) is 19.5. The summed E-state index contributed by atoms with van der Waals surface area (Å²) < 4.78 is 0. The van der Waals surface area contributed by atoms with Crippen LogP contribution in [-0.4, -0.2) is 29.8 Å². The fourth-order valence-corrected chi connectivity index (χ4v) is 3.25. The maximum Gasteiger partial charge on any atom is 0.269 e. The van der Waals surface area contributed by atoms with Crippen LogP contribution in [0.3, 0.4) is 0 Å². The fourth-order valence-electron chi connectivity index (χ4n) is 3.25. The molecule has 0 atom stereocenters. The van der Waals surface area contributed by atoms with Gasteiger partial charge in [-0.2, -0.15) is 0 Å². The number of hydrogen-bond acceptors (Lipinski definition) is 5. The van der Waals surface area contributed by atoms with Crippen molar-refractivity contribution in [2.75, 3.05) is 23.7 Å². The number of nitrogens with zero attached hydrogens (tertiary/aromatic N) is 1. The molecule has 0 aliphatic carbocycles. The molecule has 0 fully saturated rings. The molecular weight excluding hydrogens is 420 g/mol. The summed E-state index contributed by atoms with van der Waals surface area (Å²) in [4.78, 5) is 35.2. The Balaban J connectivity index is 1.43. The lowest BCUT2D eigenvalue weighted by molar-refractivity contribution is -0.384. The third-order valence-electron chi connectivity index (χ3n) is 4.98. The highest BCUT2D eigenvalue weighted by Gasteiger charge is 2.13. The Morgan fingerprint density at radius 2 is 1.55 bits per heavy atom. The van der Waals surface area contributed by atoms with Crippen molar-refractivity contribution >= 4 is 28.9 Å². The van der Waals surface area contributed by atoms with Gasteiger partial charge in [-0.3, -0.25) is 19.7 Å². The lowest BCUT2D eigenvalue weighted by Gasteiger charge is -2.12. The number of carbonyl (C=O) groups is 2. The number of hydrogen-bond donors (Lipinski definition) is 3. The summed E-state index contributed by atoms with van der Waals surface area (Å²) in [5.41, 5.74) is 2.81. The molecule has 0 spiro atoms. The van der Waals surface area contributed by atoms with Crippen LogP contribution in [0.5, 0.6) is 0 Å². The molecule has 33 heavy (non-hydrogen) atoms. The van der Waals surface area contributed by atoms with Crippen molar-refractivity contribution in [2.45, 2.75) is 19.3 Å². The molecule has 3 N–H and O–H groups in total. The van der Waals surface area contributed by atoms with Gasteiger partial charge >= 0.3 is 0 Å². The van der Waals surface area contributed by atoms with Crippen LogP contribution in [0.2, 0.25) is 0 Å². The van der Waals surface area contributed by atoms with Crippen LogP contribution in [0.4, 0.5) is 17.1 Å². The Bertz CT molecular complexity index is 1090. The maximum absolute atomic E-state index is 12.6. The molecule has 170 valence electrons. The van der Waals surface area contributed by atoms with Crippen molar-refractivity contribution in [1.82, 2.24) is 5.32 Å². The number of nitro groups is 1. The Kier molecular flexibility index (Phi) is 8.53. The van der Waals surface area contributed by atoms with E-state index in [1.54, 1.807) is 36.4 Å². The third kappa shape index (κ3) is 7.46. The van der Waals surface area contributed by atoms with Gasteiger partial charge in [-0.05, 0) is 42.7 Å². The number of benzene rings is 3. The highest BCUT2D eigenvalue weighted by Crippen LogP contribution is 2.17. The van der Waals surface area contributed by atoms with E-state index < -0.39 is 4.92 Å². The molecule has 0 bridgehead atoms. The van der Waals surface area contributed by atoms with E-state index in [9.17, 15) is 19.7 Å². The van der Waals surface area contributed by atoms with Crippen LogP contribution in [0.15, 0.2) is 78.9 Å². The first-order valence-corrected chi connectivity index (χ1v) is 10.7. The van der Waals surface area contributed by atoms with Gasteiger partial charge in [-0.25, -0.2) is 0 Å². The number of para-hydroxylation sites is 1. The van der Waals surface area contributed by atoms with Crippen LogP contribution in [0.1, 0.15) is 28.8 Å². The Hall–Kier alpha value is -4.20. The molecule has 2 amide bonds. The molecule has 8 nitrogen and oxygen atoms in total. The fraction of sp³-hybridized carbons (Fsp3) is 0.200. The van der Waals surface area contributed by atoms with Gasteiger partial charge in [0.15, 0.2) is 0 Å². The van der Waals surface area contributed by atoms with E-state index in [0.29, 0.717) is 30.8 Å². The highest BCUT2D eigenvalue weighted by molar-refractivity contribution is 6.03. The average molecular weight is 447 g/mol. The molecule has 0 saturated heterocycles. The summed E-state index contributed by atoms with van der Waals surface area (Å²) >= 11 is 0. The minimum absolute atomic E-state index is 0.0303. The van der Waals surface area contributed by atoms with Crippen molar-refractivity contribution in [3.63, 3.8) is 0 Å². The van der Waals surface area contributed by atoms with Gasteiger partial charge in [-0.15, -0.1) is 0 Å². The predicted octanol–water partition coefficient (Wildman–Crippen LogP) is 4.40. The van der Waals surface area contributed by atoms with Crippen molar-refractivity contribution in [3.8, 4) is 0 Å². The van der Waals surface area contributed by atoms with Gasteiger partial charge in [0.2, 0.25) is 5.91 Å². The number of nitrogens with one attached hydrogen (secondary N) is 3. The van der Waals surface area contributed by atoms with Crippen molar-refractivity contribution in [2.24, 2.45) is 0 Å². The SMILES string of the molecule is O=C(CCCNc1ccc([N+](=O)[O-])cc1)Nc1ccccc1C(=O)NCCc1ccccc1. The number of rotatable bonds is 11. The van der Waals surface area contributed by atoms with Gasteiger partial charge < -0.3 is 16.0 Å². The molecule has 0 aliphatic heterocycles. The number of amides is 2. The van der Waals surface area contributed by atoms with Gasteiger partial charge in [0.1, 0.15) is 0 Å². The standard InChI is InChI=1S/C25H26N4O4/c30-24(11-6-17-26-20-12-14-21(15-13-20)29(32)33)28-23-10-5-4-9-22(23)25(31)27-18-16-19-7-2-1-3-8-19/h1-5,7-10,12-15,26H,6,11,16-18H2,(H,27,31)(H,28,30). The van der Waals surface area contributed by atoms with Crippen LogP contribution in [0.25, 0.3) is 0 Å². The predicted molar refractivity (Wildman–Crippen MR) is 128 cm³/mol. The largest absolute Gasteiger partial charge is 0.385 e. The van der Waals surface area contributed by atoms with Crippen molar-refractivity contribution in [1.29, 1.82) is 0 Å². The van der Waals surface area contributed by atoms with E-state index in [1.807, 2.05) is 30.3 Å². The van der Waals surface area contributed by atoms with E-state index >= 15 is 0 Å². The summed E-state index contributed by atoms with van der Waals surface area (Å²) in [7, 11) is 0. The normalized spacial score (nSPS) is 10.3. The second kappa shape index (κ2) is 12.0. The molecule has 0 heterocycles. The van der Waals surface area contributed by atoms with Gasteiger partial charge in [0, 0.05) is 37.3 Å². The topological polar surface area (TPSA) is 113 Å². The van der Waals surface area contributed by atoms with Gasteiger partial charge in [-0.1, -0.05) is 42.5 Å². The number of carbonyl (C=O) groups excluding carboxylic acids is 2. The first-order valence-electron chi connectivity index (χ1n) is 10.7. The second-order valence-electron chi connectivity index (χ2n) is 7.42. The summed E-state index contributed by atoms with van der Waals surface area (Å²) in [6.45, 7) is 1.03. The number of nitro benzene ring substituents is 1. The van der Waals surface area contributed by atoms with Crippen LogP contribution in [0, 0.1) is 10.1 Å². The molecule has 0 saturated carbocycles. The van der Waals surface area contributed by atoms with E-state index in [2.05, 4.69) is 16.0 Å². The van der Waals surface area contributed by atoms with Crippen molar-refractivity contribution < 1.29 is 14.5 Å². The zero-order valence-corrected chi connectivity index (χ0v) is 18.1. The molecule has 3 aromatic carbocycles. The summed E-state index contributed by atoms with van der Waals surface area (Å²) in [6, 6.07) is 22.9. The van der Waals surface area contributed by atoms with E-state index in [1.165, 1.54) is 12.1 Å². The highest BCUT2D eigenvalue weighted by atomic mass is 16.6. The minimum atomic E-state index is -0.449. The van der Waals surface area contributed by atoms with Crippen LogP contribution >= 0.6 is 0 Å². The van der Waals surface area contributed by atoms with E-state index in [0.717, 1.165) is 17.7 Å². The third-order valence-corrected chi connectivity index (χ3v) is 4.98. The Morgan fingerprint density at radius 1 is 0.848 bits per heavy atom. The smallest absolute Gasteiger partial charge is 0.269 e. The molecule has 0 radical (unpaired) electrons. The molecule has 0 aromatic heterocycles. The Labute approximate surface area is 192 Å². The molecule has 3 aromatic rings. The van der Waals surface area contributed by atoms with E-state index in [-0.39, 0.29) is 23.9 Å². The van der Waals surface area contributed by atoms with Crippen LogP contribution in [-0.2, 0) is 11.2 Å². The first-order chi connectivity index (χ1) is 16.0. The minimum Gasteiger partial charge on any atom is -0.385 e. The van der Waals surface area contributed by atoms with Gasteiger partial charge in [0.05, 0.1) is 16.2 Å². The Morgan fingerprint density at radius 3 is 2.27 bits per heavy atom. The quantitative estimate of drug-likeness (QED) is 0.230. The summed E-state index contributed by atoms with van der Waals surface area (Å²) in [6.07, 6.45) is 1.56. The molecular formula is C25H26N4O4. The van der Waals surface area contributed by atoms with E-state index in [4.69, 9.17) is 0 Å². The molecule has 3 rings (SSSR count). The zero-order valence-electron chi connectivity index (χ0n) is 18.1. The number of non-ortho nitro benzene ring substituents is 1. The monoisotopic (exact) mass is 446 g/mol. The van der Waals surface area contributed by atoms with Gasteiger partial charge in [0.25, 0.3) is 11.6 Å². The lowest BCUT2D eigenvalue weighted by atomic mass is 10.1. The molecule has 0 aliphatic rings.